The molecule has 4 atom stereocenters. The molecule has 1 N–H and O–H groups in total. The average molecular weight is 177 g/mol. The first-order valence-electron chi connectivity index (χ1n) is 4.67. The molecular weight excluding hydrogens is 166 g/mol. The predicted molar refractivity (Wildman–Crippen MR) is 45.5 cm³/mol. The molecule has 68 valence electrons. The molecule has 1 aliphatic heterocycles. The van der Waals surface area contributed by atoms with Crippen molar-refractivity contribution in [3.05, 3.63) is 12.2 Å². The first kappa shape index (κ1) is 7.30. The van der Waals surface area contributed by atoms with E-state index in [1.807, 2.05) is 6.92 Å². The fourth-order valence-corrected chi connectivity index (χ4v) is 3.20. The lowest BCUT2D eigenvalue weighted by Crippen LogP contribution is -2.35. The van der Waals surface area contributed by atoms with Crippen LogP contribution in [0.2, 0.25) is 0 Å². The predicted octanol–water partition coefficient (Wildman–Crippen LogP) is 0.471. The number of rotatable bonds is 0. The SMILES string of the molecule is C[C@]12C(=O)NC(=O)[C@@H]1[C@H]1C=C[C@H]2C1. The molecule has 0 aromatic rings. The van der Waals surface area contributed by atoms with Crippen LogP contribution in [0.25, 0.3) is 0 Å². The highest BCUT2D eigenvalue weighted by Gasteiger charge is 2.64. The van der Waals surface area contributed by atoms with Crippen LogP contribution in [0.5, 0.6) is 0 Å². The molecule has 0 aromatic carbocycles. The minimum atomic E-state index is -0.434. The lowest BCUT2D eigenvalue weighted by molar-refractivity contribution is -0.129. The van der Waals surface area contributed by atoms with Gasteiger partial charge in [-0.2, -0.15) is 0 Å². The minimum Gasteiger partial charge on any atom is -0.296 e. The maximum Gasteiger partial charge on any atom is 0.233 e. The van der Waals surface area contributed by atoms with Crippen molar-refractivity contribution < 1.29 is 9.59 Å². The van der Waals surface area contributed by atoms with Crippen molar-refractivity contribution in [3.63, 3.8) is 0 Å². The standard InChI is InChI=1S/C10H11NO2/c1-10-6-3-2-5(4-6)7(10)8(12)11-9(10)13/h2-3,5-7H,4H2,1H3,(H,11,12,13)/t5-,6-,7-,10+/m0/s1. The van der Waals surface area contributed by atoms with Crippen molar-refractivity contribution in [2.24, 2.45) is 23.2 Å². The average Bonchev–Trinajstić information content (AvgIpc) is 2.66. The van der Waals surface area contributed by atoms with Gasteiger partial charge >= 0.3 is 0 Å². The van der Waals surface area contributed by atoms with E-state index in [1.54, 1.807) is 0 Å². The Morgan fingerprint density at radius 3 is 2.92 bits per heavy atom. The van der Waals surface area contributed by atoms with E-state index in [9.17, 15) is 9.59 Å². The largest absolute Gasteiger partial charge is 0.296 e. The van der Waals surface area contributed by atoms with E-state index in [2.05, 4.69) is 17.5 Å². The summed E-state index contributed by atoms with van der Waals surface area (Å²) < 4.78 is 0. The molecule has 0 aromatic heterocycles. The summed E-state index contributed by atoms with van der Waals surface area (Å²) in [6.45, 7) is 1.92. The molecule has 0 radical (unpaired) electrons. The van der Waals surface area contributed by atoms with Crippen molar-refractivity contribution >= 4 is 11.8 Å². The highest BCUT2D eigenvalue weighted by atomic mass is 16.2. The quantitative estimate of drug-likeness (QED) is 0.432. The van der Waals surface area contributed by atoms with Crippen LogP contribution in [0.3, 0.4) is 0 Å². The second kappa shape index (κ2) is 1.86. The molecule has 13 heavy (non-hydrogen) atoms. The zero-order valence-corrected chi connectivity index (χ0v) is 7.41. The smallest absolute Gasteiger partial charge is 0.233 e. The molecule has 1 heterocycles. The van der Waals surface area contributed by atoms with Gasteiger partial charge < -0.3 is 0 Å². The first-order chi connectivity index (χ1) is 6.14. The summed E-state index contributed by atoms with van der Waals surface area (Å²) in [5, 5.41) is 2.44. The van der Waals surface area contributed by atoms with Crippen molar-refractivity contribution in [2.75, 3.05) is 0 Å². The van der Waals surface area contributed by atoms with Crippen LogP contribution in [0.1, 0.15) is 13.3 Å². The number of fused-ring (bicyclic) bond motifs is 5. The lowest BCUT2D eigenvalue weighted by atomic mass is 9.71. The summed E-state index contributed by atoms with van der Waals surface area (Å²) in [7, 11) is 0. The summed E-state index contributed by atoms with van der Waals surface area (Å²) in [4.78, 5) is 23.1. The van der Waals surface area contributed by atoms with E-state index in [-0.39, 0.29) is 23.7 Å². The fourth-order valence-electron chi connectivity index (χ4n) is 3.20. The van der Waals surface area contributed by atoms with Gasteiger partial charge in [0.1, 0.15) is 0 Å². The van der Waals surface area contributed by atoms with Crippen LogP contribution in [0.15, 0.2) is 12.2 Å². The molecule has 2 fully saturated rings. The molecule has 2 aliphatic carbocycles. The Labute approximate surface area is 76.2 Å². The van der Waals surface area contributed by atoms with Gasteiger partial charge in [-0.15, -0.1) is 0 Å². The van der Waals surface area contributed by atoms with E-state index in [0.717, 1.165) is 6.42 Å². The number of allylic oxidation sites excluding steroid dienone is 2. The van der Waals surface area contributed by atoms with Crippen LogP contribution in [-0.2, 0) is 9.59 Å². The maximum absolute atomic E-state index is 11.6. The Hall–Kier alpha value is -1.12. The van der Waals surface area contributed by atoms with Crippen LogP contribution in [-0.4, -0.2) is 11.8 Å². The summed E-state index contributed by atoms with van der Waals surface area (Å²) >= 11 is 0. The Morgan fingerprint density at radius 2 is 2.23 bits per heavy atom. The molecule has 2 amide bonds. The van der Waals surface area contributed by atoms with E-state index in [1.165, 1.54) is 0 Å². The van der Waals surface area contributed by atoms with E-state index in [4.69, 9.17) is 0 Å². The molecule has 3 nitrogen and oxygen atoms in total. The molecule has 1 saturated heterocycles. The number of hydrogen-bond acceptors (Lipinski definition) is 2. The summed E-state index contributed by atoms with van der Waals surface area (Å²) in [5.41, 5.74) is -0.434. The summed E-state index contributed by atoms with van der Waals surface area (Å²) in [5.74, 6) is 0.370. The monoisotopic (exact) mass is 177 g/mol. The van der Waals surface area contributed by atoms with Gasteiger partial charge in [-0.25, -0.2) is 0 Å². The molecule has 0 unspecified atom stereocenters. The number of amides is 2. The molecule has 0 spiro atoms. The lowest BCUT2D eigenvalue weighted by Gasteiger charge is -2.27. The van der Waals surface area contributed by atoms with Crippen molar-refractivity contribution in [1.29, 1.82) is 0 Å². The van der Waals surface area contributed by atoms with E-state index < -0.39 is 5.41 Å². The highest BCUT2D eigenvalue weighted by molar-refractivity contribution is 6.08. The number of nitrogens with one attached hydrogen (secondary N) is 1. The molecule has 1 saturated carbocycles. The van der Waals surface area contributed by atoms with Crippen molar-refractivity contribution in [2.45, 2.75) is 13.3 Å². The molecule has 3 aliphatic rings. The van der Waals surface area contributed by atoms with Gasteiger partial charge in [0, 0.05) is 0 Å². The van der Waals surface area contributed by atoms with Gasteiger partial charge in [-0.05, 0) is 25.2 Å². The van der Waals surface area contributed by atoms with Crippen molar-refractivity contribution in [1.82, 2.24) is 5.32 Å². The van der Waals surface area contributed by atoms with Crippen LogP contribution >= 0.6 is 0 Å². The van der Waals surface area contributed by atoms with Gasteiger partial charge in [-0.1, -0.05) is 12.2 Å². The molecule has 2 bridgehead atoms. The highest BCUT2D eigenvalue weighted by Crippen LogP contribution is 2.58. The number of imide groups is 1. The van der Waals surface area contributed by atoms with Gasteiger partial charge in [0.2, 0.25) is 11.8 Å². The minimum absolute atomic E-state index is 0.0654. The van der Waals surface area contributed by atoms with Gasteiger partial charge in [0.15, 0.2) is 0 Å². The third kappa shape index (κ3) is 0.598. The Morgan fingerprint density at radius 1 is 1.46 bits per heavy atom. The number of carbonyl (C=O) groups is 2. The molecular formula is C10H11NO2. The fraction of sp³-hybridized carbons (Fsp3) is 0.600. The van der Waals surface area contributed by atoms with Crippen LogP contribution in [0, 0.1) is 23.2 Å². The van der Waals surface area contributed by atoms with Gasteiger partial charge in [0.25, 0.3) is 0 Å². The molecule has 3 rings (SSSR count). The van der Waals surface area contributed by atoms with Crippen LogP contribution < -0.4 is 5.32 Å². The normalized spacial score (nSPS) is 51.3. The Bertz CT molecular complexity index is 347. The second-order valence-electron chi connectivity index (χ2n) is 4.47. The van der Waals surface area contributed by atoms with Gasteiger partial charge in [-0.3, -0.25) is 14.9 Å². The Balaban J connectivity index is 2.17. The molecule has 3 heteroatoms. The number of carbonyl (C=O) groups excluding carboxylic acids is 2. The van der Waals surface area contributed by atoms with Crippen molar-refractivity contribution in [3.8, 4) is 0 Å². The zero-order valence-electron chi connectivity index (χ0n) is 7.41. The third-order valence-corrected chi connectivity index (χ3v) is 3.97. The zero-order chi connectivity index (χ0) is 9.22. The maximum atomic E-state index is 11.6. The van der Waals surface area contributed by atoms with E-state index in [0.29, 0.717) is 5.92 Å². The van der Waals surface area contributed by atoms with Crippen LogP contribution in [0.4, 0.5) is 0 Å². The van der Waals surface area contributed by atoms with E-state index >= 15 is 0 Å². The summed E-state index contributed by atoms with van der Waals surface area (Å²) in [6.07, 6.45) is 5.18. The second-order valence-corrected chi connectivity index (χ2v) is 4.47. The van der Waals surface area contributed by atoms with Gasteiger partial charge in [0.05, 0.1) is 11.3 Å². The summed E-state index contributed by atoms with van der Waals surface area (Å²) in [6, 6.07) is 0. The number of hydrogen-bond donors (Lipinski definition) is 1. The Kier molecular flexibility index (Phi) is 1.05. The topological polar surface area (TPSA) is 46.2 Å². The third-order valence-electron chi connectivity index (χ3n) is 3.97. The first-order valence-corrected chi connectivity index (χ1v) is 4.67.